The van der Waals surface area contributed by atoms with Crippen molar-refractivity contribution in [2.45, 2.75) is 18.9 Å². The molecule has 1 saturated carbocycles. The summed E-state index contributed by atoms with van der Waals surface area (Å²) in [6.45, 7) is 0. The molecule has 7 heavy (non-hydrogen) atoms. The van der Waals surface area contributed by atoms with Gasteiger partial charge in [-0.3, -0.25) is 5.84 Å². The Morgan fingerprint density at radius 2 is 2.00 bits per heavy atom. The molecule has 1 aliphatic rings. The Bertz CT molecular complexity index is 51.7. The molecular weight excluding hydrogens is 112 g/mol. The summed E-state index contributed by atoms with van der Waals surface area (Å²) in [7, 11) is 1.91. The van der Waals surface area contributed by atoms with E-state index < -0.39 is 0 Å². The summed E-state index contributed by atoms with van der Waals surface area (Å²) in [6, 6.07) is 0.713. The lowest BCUT2D eigenvalue weighted by Gasteiger charge is -2.03. The molecule has 0 unspecified atom stereocenters. The molecule has 0 heterocycles. The molecule has 2 N–H and O–H groups in total. The first-order chi connectivity index (χ1) is 2.80. The summed E-state index contributed by atoms with van der Waals surface area (Å²) in [6.07, 6.45) is 2.60. The Morgan fingerprint density at radius 1 is 1.57 bits per heavy atom. The van der Waals surface area contributed by atoms with Gasteiger partial charge in [-0.2, -0.15) is 0 Å². The van der Waals surface area contributed by atoms with Crippen LogP contribution in [0.15, 0.2) is 0 Å². The third-order valence-corrected chi connectivity index (χ3v) is 1.12. The summed E-state index contributed by atoms with van der Waals surface area (Å²) in [5.74, 6) is 5.33. The van der Waals surface area contributed by atoms with Crippen LogP contribution in [0.25, 0.3) is 0 Å². The topological polar surface area (TPSA) is 29.3 Å². The average molecular weight is 123 g/mol. The zero-order valence-corrected chi connectivity index (χ0v) is 5.24. The molecule has 1 aliphatic carbocycles. The Morgan fingerprint density at radius 3 is 2.00 bits per heavy atom. The fourth-order valence-corrected chi connectivity index (χ4v) is 0.482. The zero-order chi connectivity index (χ0) is 4.57. The van der Waals surface area contributed by atoms with Gasteiger partial charge in [-0.05, 0) is 12.8 Å². The quantitative estimate of drug-likeness (QED) is 0.403. The first-order valence-corrected chi connectivity index (χ1v) is 2.28. The van der Waals surface area contributed by atoms with Crippen molar-refractivity contribution in [3.63, 3.8) is 0 Å². The lowest BCUT2D eigenvalue weighted by molar-refractivity contribution is 0.338. The van der Waals surface area contributed by atoms with Crippen LogP contribution in [0.1, 0.15) is 12.8 Å². The van der Waals surface area contributed by atoms with Crippen molar-refractivity contribution in [1.82, 2.24) is 5.01 Å². The van der Waals surface area contributed by atoms with Gasteiger partial charge in [0.05, 0.1) is 0 Å². The highest BCUT2D eigenvalue weighted by atomic mass is 35.5. The zero-order valence-electron chi connectivity index (χ0n) is 4.42. The van der Waals surface area contributed by atoms with Crippen molar-refractivity contribution in [2.75, 3.05) is 7.05 Å². The summed E-state index contributed by atoms with van der Waals surface area (Å²) in [5.41, 5.74) is 0. The van der Waals surface area contributed by atoms with Crippen molar-refractivity contribution in [3.05, 3.63) is 0 Å². The first-order valence-electron chi connectivity index (χ1n) is 2.28. The number of hydrazine groups is 1. The van der Waals surface area contributed by atoms with Gasteiger partial charge in [0.15, 0.2) is 0 Å². The number of nitrogens with two attached hydrogens (primary N) is 1. The molecule has 1 rings (SSSR count). The highest BCUT2D eigenvalue weighted by Gasteiger charge is 2.23. The SMILES string of the molecule is CN(N)C1CC1.Cl. The van der Waals surface area contributed by atoms with Crippen molar-refractivity contribution < 1.29 is 0 Å². The molecule has 0 aromatic heterocycles. The second-order valence-corrected chi connectivity index (χ2v) is 1.90. The minimum Gasteiger partial charge on any atom is -0.269 e. The van der Waals surface area contributed by atoms with E-state index in [4.69, 9.17) is 5.84 Å². The minimum atomic E-state index is 0. The number of nitrogens with zero attached hydrogens (tertiary/aromatic N) is 1. The van der Waals surface area contributed by atoms with Gasteiger partial charge in [0.1, 0.15) is 0 Å². The highest BCUT2D eigenvalue weighted by molar-refractivity contribution is 5.85. The molecule has 0 aromatic carbocycles. The lowest BCUT2D eigenvalue weighted by atomic mass is 10.7. The Labute approximate surface area is 50.1 Å². The number of rotatable bonds is 1. The van der Waals surface area contributed by atoms with E-state index in [1.165, 1.54) is 12.8 Å². The van der Waals surface area contributed by atoms with Gasteiger partial charge in [-0.25, -0.2) is 5.01 Å². The van der Waals surface area contributed by atoms with Gasteiger partial charge in [0.25, 0.3) is 0 Å². The van der Waals surface area contributed by atoms with Crippen LogP contribution in [0.5, 0.6) is 0 Å². The van der Waals surface area contributed by atoms with Gasteiger partial charge >= 0.3 is 0 Å². The molecule has 3 heteroatoms. The maximum Gasteiger partial charge on any atom is 0.0239 e. The van der Waals surface area contributed by atoms with Crippen LogP contribution in [0, 0.1) is 0 Å². The summed E-state index contributed by atoms with van der Waals surface area (Å²) in [5, 5.41) is 1.78. The smallest absolute Gasteiger partial charge is 0.0239 e. The lowest BCUT2D eigenvalue weighted by Crippen LogP contribution is -2.27. The molecule has 0 atom stereocenters. The molecule has 0 aliphatic heterocycles. The van der Waals surface area contributed by atoms with E-state index in [0.29, 0.717) is 6.04 Å². The van der Waals surface area contributed by atoms with E-state index in [1.807, 2.05) is 7.05 Å². The number of hydrogen-bond acceptors (Lipinski definition) is 2. The van der Waals surface area contributed by atoms with E-state index in [9.17, 15) is 0 Å². The standard InChI is InChI=1S/C4H10N2.ClH/c1-6(5)4-2-3-4;/h4H,2-3,5H2,1H3;1H. The number of halogens is 1. The maximum absolute atomic E-state index is 5.33. The van der Waals surface area contributed by atoms with Crippen LogP contribution >= 0.6 is 12.4 Å². The van der Waals surface area contributed by atoms with E-state index in [2.05, 4.69) is 0 Å². The normalized spacial score (nSPS) is 19.3. The molecular formula is C4H11ClN2. The largest absolute Gasteiger partial charge is 0.269 e. The van der Waals surface area contributed by atoms with Crippen LogP contribution in [0.2, 0.25) is 0 Å². The predicted octanol–water partition coefficient (Wildman–Crippen LogP) is 0.376. The van der Waals surface area contributed by atoms with Gasteiger partial charge in [-0.15, -0.1) is 12.4 Å². The third kappa shape index (κ3) is 2.12. The second-order valence-electron chi connectivity index (χ2n) is 1.90. The minimum absolute atomic E-state index is 0. The van der Waals surface area contributed by atoms with Crippen LogP contribution in [0.3, 0.4) is 0 Å². The monoisotopic (exact) mass is 122 g/mol. The molecule has 0 spiro atoms. The predicted molar refractivity (Wildman–Crippen MR) is 32.2 cm³/mol. The van der Waals surface area contributed by atoms with Gasteiger partial charge in [0.2, 0.25) is 0 Å². The Kier molecular flexibility index (Phi) is 2.58. The average Bonchev–Trinajstić information content (AvgIpc) is 2.06. The highest BCUT2D eigenvalue weighted by Crippen LogP contribution is 2.22. The van der Waals surface area contributed by atoms with E-state index in [-0.39, 0.29) is 12.4 Å². The molecule has 44 valence electrons. The molecule has 0 saturated heterocycles. The number of hydrogen-bond donors (Lipinski definition) is 1. The van der Waals surface area contributed by atoms with Gasteiger partial charge < -0.3 is 0 Å². The second kappa shape index (κ2) is 2.50. The fourth-order valence-electron chi connectivity index (χ4n) is 0.482. The molecule has 0 bridgehead atoms. The van der Waals surface area contributed by atoms with Gasteiger partial charge in [-0.1, -0.05) is 0 Å². The Hall–Kier alpha value is 0.210. The molecule has 0 aromatic rings. The van der Waals surface area contributed by atoms with Crippen molar-refractivity contribution in [1.29, 1.82) is 0 Å². The maximum atomic E-state index is 5.33. The molecule has 1 fully saturated rings. The van der Waals surface area contributed by atoms with Crippen LogP contribution in [-0.2, 0) is 0 Å². The van der Waals surface area contributed by atoms with Crippen LogP contribution in [-0.4, -0.2) is 18.1 Å². The summed E-state index contributed by atoms with van der Waals surface area (Å²) < 4.78 is 0. The molecule has 2 nitrogen and oxygen atoms in total. The van der Waals surface area contributed by atoms with Gasteiger partial charge in [0, 0.05) is 13.1 Å². The van der Waals surface area contributed by atoms with Crippen molar-refractivity contribution in [2.24, 2.45) is 5.84 Å². The molecule has 0 amide bonds. The van der Waals surface area contributed by atoms with E-state index >= 15 is 0 Å². The summed E-state index contributed by atoms with van der Waals surface area (Å²) >= 11 is 0. The third-order valence-electron chi connectivity index (χ3n) is 1.12. The van der Waals surface area contributed by atoms with Crippen molar-refractivity contribution >= 4 is 12.4 Å². The summed E-state index contributed by atoms with van der Waals surface area (Å²) in [4.78, 5) is 0. The van der Waals surface area contributed by atoms with E-state index in [1.54, 1.807) is 5.01 Å². The van der Waals surface area contributed by atoms with Crippen molar-refractivity contribution in [3.8, 4) is 0 Å². The van der Waals surface area contributed by atoms with E-state index in [0.717, 1.165) is 0 Å². The Balaban J connectivity index is 0.000000360. The molecule has 0 radical (unpaired) electrons. The van der Waals surface area contributed by atoms with Crippen LogP contribution < -0.4 is 5.84 Å². The first kappa shape index (κ1) is 7.21. The fraction of sp³-hybridized carbons (Fsp3) is 1.00. The van der Waals surface area contributed by atoms with Crippen LogP contribution in [0.4, 0.5) is 0 Å².